The lowest BCUT2D eigenvalue weighted by Gasteiger charge is -2.14. The number of carbonyl (C=O) groups is 2. The molecule has 0 atom stereocenters. The quantitative estimate of drug-likeness (QED) is 0.423. The summed E-state index contributed by atoms with van der Waals surface area (Å²) in [7, 11) is 0. The number of carbonyl (C=O) groups excluding carboxylic acids is 2. The zero-order valence-corrected chi connectivity index (χ0v) is 21.7. The van der Waals surface area contributed by atoms with Gasteiger partial charge >= 0.3 is 12.2 Å². The predicted octanol–water partition coefficient (Wildman–Crippen LogP) is 6.17. The molecule has 1 aromatic heterocycles. The van der Waals surface area contributed by atoms with Crippen LogP contribution in [0.3, 0.4) is 0 Å². The first-order valence-electron chi connectivity index (χ1n) is 11.7. The number of nitrogens with one attached hydrogen (secondary N) is 2. The first-order chi connectivity index (χ1) is 16.2. The van der Waals surface area contributed by atoms with Crippen molar-refractivity contribution in [2.75, 3.05) is 13.1 Å². The van der Waals surface area contributed by atoms with Crippen molar-refractivity contribution in [3.8, 4) is 11.3 Å². The third kappa shape index (κ3) is 6.60. The van der Waals surface area contributed by atoms with Crippen LogP contribution >= 0.6 is 23.2 Å². The summed E-state index contributed by atoms with van der Waals surface area (Å²) in [6.07, 6.45) is 0.873. The number of hydrogen-bond acceptors (Lipinski definition) is 4. The molecule has 0 aliphatic carbocycles. The number of benzene rings is 1. The summed E-state index contributed by atoms with van der Waals surface area (Å²) in [4.78, 5) is 24.5. The lowest BCUT2D eigenvalue weighted by molar-refractivity contribution is 0.131. The standard InChI is InChI=1S/C25H33Cl2N3O4/c1-15(2)11-28-24(31)33-13-18-19(14-34-25(32)29-12-16(3)4)23(30-9-5-6-22(18)30)17-7-8-20(26)21(27)10-17/h7-8,10,15-16H,5-6,9,11-14H2,1-4H3,(H,28,31)(H,29,32). The fourth-order valence-electron chi connectivity index (χ4n) is 3.97. The maximum atomic E-state index is 12.3. The highest BCUT2D eigenvalue weighted by atomic mass is 35.5. The normalized spacial score (nSPS) is 12.7. The predicted molar refractivity (Wildman–Crippen MR) is 134 cm³/mol. The van der Waals surface area contributed by atoms with Crippen LogP contribution in [-0.4, -0.2) is 29.8 Å². The summed E-state index contributed by atoms with van der Waals surface area (Å²) in [6, 6.07) is 5.47. The first kappa shape index (κ1) is 26.2. The Morgan fingerprint density at radius 2 is 1.53 bits per heavy atom. The number of amides is 2. The zero-order valence-electron chi connectivity index (χ0n) is 20.2. The monoisotopic (exact) mass is 509 g/mol. The average molecular weight is 510 g/mol. The van der Waals surface area contributed by atoms with Crippen molar-refractivity contribution >= 4 is 35.4 Å². The van der Waals surface area contributed by atoms with E-state index in [1.807, 2.05) is 39.8 Å². The van der Waals surface area contributed by atoms with Crippen molar-refractivity contribution in [1.82, 2.24) is 15.2 Å². The third-order valence-corrected chi connectivity index (χ3v) is 6.33. The van der Waals surface area contributed by atoms with Crippen molar-refractivity contribution in [3.05, 3.63) is 45.1 Å². The highest BCUT2D eigenvalue weighted by Gasteiger charge is 2.28. The topological polar surface area (TPSA) is 81.6 Å². The molecule has 3 rings (SSSR count). The summed E-state index contributed by atoms with van der Waals surface area (Å²) < 4.78 is 13.3. The van der Waals surface area contributed by atoms with Crippen LogP contribution in [0, 0.1) is 11.8 Å². The summed E-state index contributed by atoms with van der Waals surface area (Å²) in [6.45, 7) is 10.1. The number of nitrogens with zero attached hydrogens (tertiary/aromatic N) is 1. The van der Waals surface area contributed by atoms with Crippen LogP contribution in [0.15, 0.2) is 18.2 Å². The molecular weight excluding hydrogens is 477 g/mol. The molecule has 1 aliphatic rings. The van der Waals surface area contributed by atoms with Crippen molar-refractivity contribution in [2.45, 2.75) is 60.3 Å². The van der Waals surface area contributed by atoms with E-state index in [0.717, 1.165) is 47.5 Å². The van der Waals surface area contributed by atoms with E-state index in [4.69, 9.17) is 32.7 Å². The molecule has 1 aliphatic heterocycles. The Morgan fingerprint density at radius 3 is 2.09 bits per heavy atom. The molecule has 2 heterocycles. The fourth-order valence-corrected chi connectivity index (χ4v) is 4.26. The molecule has 186 valence electrons. The van der Waals surface area contributed by atoms with Crippen LogP contribution in [0.4, 0.5) is 9.59 Å². The second kappa shape index (κ2) is 11.8. The van der Waals surface area contributed by atoms with Gasteiger partial charge < -0.3 is 24.7 Å². The van der Waals surface area contributed by atoms with E-state index in [0.29, 0.717) is 35.0 Å². The Balaban J connectivity index is 1.92. The molecule has 0 unspecified atom stereocenters. The molecule has 0 saturated carbocycles. The Bertz CT molecular complexity index is 1030. The Kier molecular flexibility index (Phi) is 9.14. The van der Waals surface area contributed by atoms with E-state index in [9.17, 15) is 9.59 Å². The van der Waals surface area contributed by atoms with E-state index in [1.54, 1.807) is 6.07 Å². The molecule has 2 N–H and O–H groups in total. The van der Waals surface area contributed by atoms with Crippen LogP contribution in [0.5, 0.6) is 0 Å². The minimum absolute atomic E-state index is 0.0474. The largest absolute Gasteiger partial charge is 0.445 e. The van der Waals surface area contributed by atoms with Crippen LogP contribution in [-0.2, 0) is 35.7 Å². The van der Waals surface area contributed by atoms with Crippen molar-refractivity contribution < 1.29 is 19.1 Å². The number of halogens is 2. The van der Waals surface area contributed by atoms with Gasteiger partial charge in [0.2, 0.25) is 0 Å². The lowest BCUT2D eigenvalue weighted by Crippen LogP contribution is -2.28. The molecule has 9 heteroatoms. The summed E-state index contributed by atoms with van der Waals surface area (Å²) in [5.41, 5.74) is 4.54. The third-order valence-electron chi connectivity index (χ3n) is 5.59. The highest BCUT2D eigenvalue weighted by molar-refractivity contribution is 6.42. The van der Waals surface area contributed by atoms with Gasteiger partial charge in [0.25, 0.3) is 0 Å². The Morgan fingerprint density at radius 1 is 0.941 bits per heavy atom. The molecule has 0 saturated heterocycles. The van der Waals surface area contributed by atoms with Gasteiger partial charge in [-0.15, -0.1) is 0 Å². The van der Waals surface area contributed by atoms with E-state index in [-0.39, 0.29) is 13.2 Å². The fraction of sp³-hybridized carbons (Fsp3) is 0.520. The molecule has 0 fully saturated rings. The Labute approximate surface area is 211 Å². The van der Waals surface area contributed by atoms with Gasteiger partial charge in [0, 0.05) is 42.0 Å². The minimum atomic E-state index is -0.485. The molecule has 1 aromatic carbocycles. The van der Waals surface area contributed by atoms with Crippen molar-refractivity contribution in [1.29, 1.82) is 0 Å². The van der Waals surface area contributed by atoms with Gasteiger partial charge in [-0.1, -0.05) is 57.0 Å². The molecule has 34 heavy (non-hydrogen) atoms. The van der Waals surface area contributed by atoms with Gasteiger partial charge in [-0.25, -0.2) is 9.59 Å². The molecule has 7 nitrogen and oxygen atoms in total. The number of rotatable bonds is 9. The lowest BCUT2D eigenvalue weighted by atomic mass is 10.0. The van der Waals surface area contributed by atoms with Gasteiger partial charge in [0.15, 0.2) is 0 Å². The molecule has 0 bridgehead atoms. The summed E-state index contributed by atoms with van der Waals surface area (Å²) >= 11 is 12.5. The summed E-state index contributed by atoms with van der Waals surface area (Å²) in [5.74, 6) is 0.631. The maximum Gasteiger partial charge on any atom is 0.407 e. The van der Waals surface area contributed by atoms with E-state index < -0.39 is 12.2 Å². The maximum absolute atomic E-state index is 12.3. The van der Waals surface area contributed by atoms with Gasteiger partial charge in [-0.3, -0.25) is 0 Å². The zero-order chi connectivity index (χ0) is 24.8. The summed E-state index contributed by atoms with van der Waals surface area (Å²) in [5, 5.41) is 6.46. The number of alkyl carbamates (subject to hydrolysis) is 2. The molecule has 2 aromatic rings. The number of fused-ring (bicyclic) bond motifs is 1. The van der Waals surface area contributed by atoms with E-state index in [2.05, 4.69) is 15.2 Å². The second-order valence-electron chi connectivity index (χ2n) is 9.34. The van der Waals surface area contributed by atoms with Crippen LogP contribution in [0.1, 0.15) is 50.9 Å². The van der Waals surface area contributed by atoms with Gasteiger partial charge in [0.1, 0.15) is 13.2 Å². The van der Waals surface area contributed by atoms with Crippen LogP contribution in [0.25, 0.3) is 11.3 Å². The molecular formula is C25H33Cl2N3O4. The Hall–Kier alpha value is -2.38. The average Bonchev–Trinajstić information content (AvgIpc) is 3.36. The van der Waals surface area contributed by atoms with E-state index >= 15 is 0 Å². The SMILES string of the molecule is CC(C)CNC(=O)OCc1c(COC(=O)NCC(C)C)c(-c2ccc(Cl)c(Cl)c2)n2c1CCC2. The molecule has 0 spiro atoms. The van der Waals surface area contributed by atoms with Crippen LogP contribution in [0.2, 0.25) is 10.0 Å². The molecule has 2 amide bonds. The van der Waals surface area contributed by atoms with Gasteiger partial charge in [0.05, 0.1) is 15.7 Å². The molecule has 0 radical (unpaired) electrons. The minimum Gasteiger partial charge on any atom is -0.445 e. The highest BCUT2D eigenvalue weighted by Crippen LogP contribution is 2.39. The second-order valence-corrected chi connectivity index (χ2v) is 10.2. The van der Waals surface area contributed by atoms with Crippen LogP contribution < -0.4 is 10.6 Å². The number of aromatic nitrogens is 1. The van der Waals surface area contributed by atoms with Gasteiger partial charge in [-0.05, 0) is 36.8 Å². The van der Waals surface area contributed by atoms with Gasteiger partial charge in [-0.2, -0.15) is 0 Å². The van der Waals surface area contributed by atoms with E-state index in [1.165, 1.54) is 0 Å². The smallest absolute Gasteiger partial charge is 0.407 e. The van der Waals surface area contributed by atoms with Crippen molar-refractivity contribution in [3.63, 3.8) is 0 Å². The number of hydrogen-bond donors (Lipinski definition) is 2. The number of ether oxygens (including phenoxy) is 2. The van der Waals surface area contributed by atoms with Crippen molar-refractivity contribution in [2.24, 2.45) is 11.8 Å². The first-order valence-corrected chi connectivity index (χ1v) is 12.4.